The lowest BCUT2D eigenvalue weighted by atomic mass is 10.2. The van der Waals surface area contributed by atoms with Crippen molar-refractivity contribution in [2.45, 2.75) is 16.3 Å². The third-order valence-electron chi connectivity index (χ3n) is 4.21. The van der Waals surface area contributed by atoms with Gasteiger partial charge in [-0.05, 0) is 48.5 Å². The fourth-order valence-electron chi connectivity index (χ4n) is 2.82. The number of halogens is 3. The van der Waals surface area contributed by atoms with Gasteiger partial charge < -0.3 is 10.2 Å². The minimum atomic E-state index is -0.359. The molecule has 0 bridgehead atoms. The lowest BCUT2D eigenvalue weighted by molar-refractivity contribution is -0.885. The number of amides is 1. The van der Waals surface area contributed by atoms with E-state index in [-0.39, 0.29) is 18.3 Å². The van der Waals surface area contributed by atoms with Gasteiger partial charge in [0.1, 0.15) is 12.4 Å². The van der Waals surface area contributed by atoms with Crippen LogP contribution < -0.4 is 10.2 Å². The van der Waals surface area contributed by atoms with Crippen molar-refractivity contribution in [2.75, 3.05) is 18.9 Å². The molecule has 0 heterocycles. The van der Waals surface area contributed by atoms with Crippen molar-refractivity contribution in [3.05, 3.63) is 88.2 Å². The Labute approximate surface area is 183 Å². The standard InChI is InChI=1S/C22H19Cl2FN2OS/c1-27(13-17-18(24)5-4-6-19(17)25)14-22(28)26-20-7-2-3-8-21(20)29-16-11-9-15(23)10-12-16/h2-12H,13-14H2,1H3,(H,26,28)/p+1. The molecular formula is C22H20Cl2FN2OS+. The van der Waals surface area contributed by atoms with Crippen molar-refractivity contribution in [1.29, 1.82) is 0 Å². The summed E-state index contributed by atoms with van der Waals surface area (Å²) in [5, 5.41) is 4.00. The summed E-state index contributed by atoms with van der Waals surface area (Å²) in [7, 11) is 1.83. The molecule has 0 aromatic heterocycles. The molecule has 1 unspecified atom stereocenters. The maximum Gasteiger partial charge on any atom is 0.279 e. The molecule has 0 aliphatic heterocycles. The number of likely N-dealkylation sites (N-methyl/N-ethyl adjacent to an activating group) is 1. The highest BCUT2D eigenvalue weighted by molar-refractivity contribution is 7.99. The zero-order chi connectivity index (χ0) is 20.8. The Bertz CT molecular complexity index is 978. The molecule has 7 heteroatoms. The van der Waals surface area contributed by atoms with Gasteiger partial charge in [-0.15, -0.1) is 0 Å². The maximum atomic E-state index is 14.0. The molecule has 0 aliphatic rings. The molecule has 1 amide bonds. The molecule has 1 atom stereocenters. The van der Waals surface area contributed by atoms with E-state index < -0.39 is 0 Å². The van der Waals surface area contributed by atoms with Crippen LogP contribution in [0, 0.1) is 5.82 Å². The third kappa shape index (κ3) is 6.21. The predicted octanol–water partition coefficient (Wildman–Crippen LogP) is 4.94. The highest BCUT2D eigenvalue weighted by Gasteiger charge is 2.16. The minimum absolute atomic E-state index is 0.154. The second kappa shape index (κ2) is 10.1. The van der Waals surface area contributed by atoms with E-state index in [0.29, 0.717) is 22.2 Å². The number of carbonyl (C=O) groups is 1. The molecule has 0 saturated carbocycles. The number of hydrogen-bond acceptors (Lipinski definition) is 2. The smallest absolute Gasteiger partial charge is 0.279 e. The highest BCUT2D eigenvalue weighted by atomic mass is 35.5. The zero-order valence-electron chi connectivity index (χ0n) is 15.7. The number of quaternary nitrogens is 1. The quantitative estimate of drug-likeness (QED) is 0.535. The number of carbonyl (C=O) groups excluding carboxylic acids is 1. The van der Waals surface area contributed by atoms with E-state index >= 15 is 0 Å². The molecule has 0 fully saturated rings. The summed E-state index contributed by atoms with van der Waals surface area (Å²) in [6, 6.07) is 19.7. The summed E-state index contributed by atoms with van der Waals surface area (Å²) in [4.78, 5) is 15.3. The normalized spacial score (nSPS) is 11.9. The van der Waals surface area contributed by atoms with Crippen LogP contribution in [0.2, 0.25) is 10.0 Å². The van der Waals surface area contributed by atoms with E-state index in [2.05, 4.69) is 5.32 Å². The highest BCUT2D eigenvalue weighted by Crippen LogP contribution is 2.33. The van der Waals surface area contributed by atoms with Crippen LogP contribution in [-0.4, -0.2) is 19.5 Å². The number of nitrogens with one attached hydrogen (secondary N) is 2. The first-order valence-electron chi connectivity index (χ1n) is 8.99. The van der Waals surface area contributed by atoms with Gasteiger partial charge in [-0.3, -0.25) is 4.79 Å². The van der Waals surface area contributed by atoms with Crippen LogP contribution in [0.4, 0.5) is 10.1 Å². The van der Waals surface area contributed by atoms with Gasteiger partial charge in [-0.2, -0.15) is 0 Å². The van der Waals surface area contributed by atoms with E-state index in [4.69, 9.17) is 23.2 Å². The van der Waals surface area contributed by atoms with Crippen molar-refractivity contribution in [2.24, 2.45) is 0 Å². The van der Waals surface area contributed by atoms with Crippen molar-refractivity contribution >= 4 is 46.6 Å². The van der Waals surface area contributed by atoms with Crippen molar-refractivity contribution < 1.29 is 14.1 Å². The predicted molar refractivity (Wildman–Crippen MR) is 118 cm³/mol. The van der Waals surface area contributed by atoms with Gasteiger partial charge >= 0.3 is 0 Å². The number of para-hydroxylation sites is 1. The number of rotatable bonds is 7. The number of anilines is 1. The Morgan fingerprint density at radius 3 is 2.48 bits per heavy atom. The Balaban J connectivity index is 1.64. The number of hydrogen-bond donors (Lipinski definition) is 2. The third-order valence-corrected chi connectivity index (χ3v) is 5.90. The van der Waals surface area contributed by atoms with Gasteiger partial charge in [0.05, 0.1) is 23.3 Å². The molecule has 3 nitrogen and oxygen atoms in total. The van der Waals surface area contributed by atoms with E-state index in [9.17, 15) is 9.18 Å². The van der Waals surface area contributed by atoms with Crippen LogP contribution in [0.15, 0.2) is 76.5 Å². The number of benzene rings is 3. The first-order chi connectivity index (χ1) is 13.9. The Hall–Kier alpha value is -2.05. The van der Waals surface area contributed by atoms with Crippen LogP contribution in [0.1, 0.15) is 5.56 Å². The molecule has 0 spiro atoms. The molecular weight excluding hydrogens is 430 g/mol. The Kier molecular flexibility index (Phi) is 7.56. The van der Waals surface area contributed by atoms with Gasteiger partial charge in [0.25, 0.3) is 5.91 Å². The molecule has 29 heavy (non-hydrogen) atoms. The van der Waals surface area contributed by atoms with Gasteiger partial charge in [0, 0.05) is 14.8 Å². The first-order valence-corrected chi connectivity index (χ1v) is 10.6. The SMILES string of the molecule is C[NH+](CC(=O)Nc1ccccc1Sc1ccc(Cl)cc1)Cc1c(F)cccc1Cl. The van der Waals surface area contributed by atoms with E-state index in [0.717, 1.165) is 20.4 Å². The molecule has 3 aromatic rings. The fourth-order valence-corrected chi connectivity index (χ4v) is 4.08. The average molecular weight is 450 g/mol. The summed E-state index contributed by atoms with van der Waals surface area (Å²) in [6.07, 6.45) is 0. The average Bonchev–Trinajstić information content (AvgIpc) is 2.68. The lowest BCUT2D eigenvalue weighted by Gasteiger charge is -2.16. The summed E-state index contributed by atoms with van der Waals surface area (Å²) in [6.45, 7) is 0.505. The molecule has 0 aliphatic carbocycles. The van der Waals surface area contributed by atoms with Crippen LogP contribution in [0.3, 0.4) is 0 Å². The summed E-state index contributed by atoms with van der Waals surface area (Å²) in [5.74, 6) is -0.513. The second-order valence-electron chi connectivity index (χ2n) is 6.61. The van der Waals surface area contributed by atoms with Crippen LogP contribution >= 0.6 is 35.0 Å². The largest absolute Gasteiger partial charge is 0.326 e. The summed E-state index contributed by atoms with van der Waals surface area (Å²) < 4.78 is 14.0. The maximum absolute atomic E-state index is 14.0. The van der Waals surface area contributed by atoms with Gasteiger partial charge in [0.2, 0.25) is 0 Å². The van der Waals surface area contributed by atoms with E-state index in [1.54, 1.807) is 23.9 Å². The second-order valence-corrected chi connectivity index (χ2v) is 8.57. The van der Waals surface area contributed by atoms with Crippen molar-refractivity contribution in [3.8, 4) is 0 Å². The van der Waals surface area contributed by atoms with E-state index in [1.165, 1.54) is 6.07 Å². The monoisotopic (exact) mass is 449 g/mol. The Morgan fingerprint density at radius 1 is 1.03 bits per heavy atom. The minimum Gasteiger partial charge on any atom is -0.326 e. The van der Waals surface area contributed by atoms with E-state index in [1.807, 2.05) is 55.6 Å². The molecule has 0 saturated heterocycles. The summed E-state index contributed by atoms with van der Waals surface area (Å²) >= 11 is 13.6. The Morgan fingerprint density at radius 2 is 1.76 bits per heavy atom. The van der Waals surface area contributed by atoms with Gasteiger partial charge in [-0.25, -0.2) is 4.39 Å². The van der Waals surface area contributed by atoms with Crippen LogP contribution in [-0.2, 0) is 11.3 Å². The lowest BCUT2D eigenvalue weighted by Crippen LogP contribution is -3.08. The van der Waals surface area contributed by atoms with Gasteiger partial charge in [0.15, 0.2) is 6.54 Å². The summed E-state index contributed by atoms with van der Waals surface area (Å²) in [5.41, 5.74) is 1.15. The zero-order valence-corrected chi connectivity index (χ0v) is 18.0. The van der Waals surface area contributed by atoms with Crippen molar-refractivity contribution in [3.63, 3.8) is 0 Å². The molecule has 2 N–H and O–H groups in total. The van der Waals surface area contributed by atoms with Gasteiger partial charge in [-0.1, -0.05) is 53.2 Å². The molecule has 0 radical (unpaired) electrons. The first kappa shape index (κ1) is 21.7. The van der Waals surface area contributed by atoms with Crippen LogP contribution in [0.5, 0.6) is 0 Å². The van der Waals surface area contributed by atoms with Crippen LogP contribution in [0.25, 0.3) is 0 Å². The molecule has 150 valence electrons. The topological polar surface area (TPSA) is 33.5 Å². The molecule has 3 rings (SSSR count). The fraction of sp³-hybridized carbons (Fsp3) is 0.136. The molecule has 3 aromatic carbocycles. The van der Waals surface area contributed by atoms with Crippen molar-refractivity contribution in [1.82, 2.24) is 0 Å².